The van der Waals surface area contributed by atoms with Crippen LogP contribution < -0.4 is 20.3 Å². The number of carboxylic acid groups (broad SMARTS) is 1. The molecule has 0 spiro atoms. The van der Waals surface area contributed by atoms with Crippen molar-refractivity contribution in [1.82, 2.24) is 45.1 Å². The molecule has 4 bridgehead atoms. The number of anilines is 4. The Morgan fingerprint density at radius 2 is 1.59 bits per heavy atom. The van der Waals surface area contributed by atoms with Gasteiger partial charge in [-0.05, 0) is 157 Å². The fraction of sp³-hybridized carbons (Fsp3) is 0.516. The number of ether oxygens (including phenoxy) is 2. The molecule has 4 amide bonds. The minimum absolute atomic E-state index is 0.000237. The van der Waals surface area contributed by atoms with Gasteiger partial charge in [0.25, 0.3) is 11.8 Å². The molecule has 7 heterocycles. The van der Waals surface area contributed by atoms with E-state index in [4.69, 9.17) is 29.6 Å². The zero-order valence-corrected chi connectivity index (χ0v) is 48.5. The summed E-state index contributed by atoms with van der Waals surface area (Å²) < 4.78 is 16.3. The lowest BCUT2D eigenvalue weighted by Crippen LogP contribution is -2.64. The molecule has 13 rings (SSSR count). The Hall–Kier alpha value is -7.16. The van der Waals surface area contributed by atoms with E-state index in [0.29, 0.717) is 48.5 Å². The third kappa shape index (κ3) is 10.8. The van der Waals surface area contributed by atoms with Crippen molar-refractivity contribution in [3.63, 3.8) is 0 Å². The maximum Gasteiger partial charge on any atom is 0.355 e. The monoisotopic (exact) mass is 1130 g/mol. The van der Waals surface area contributed by atoms with E-state index in [1.807, 2.05) is 48.4 Å². The Labute approximate surface area is 481 Å². The number of likely N-dealkylation sites (N-methyl/N-ethyl adjacent to an activating group) is 1. The van der Waals surface area contributed by atoms with Crippen molar-refractivity contribution < 1.29 is 38.6 Å². The van der Waals surface area contributed by atoms with Gasteiger partial charge >= 0.3 is 5.97 Å². The van der Waals surface area contributed by atoms with Crippen LogP contribution in [0.4, 0.5) is 22.6 Å². The average molecular weight is 1130 g/mol. The van der Waals surface area contributed by atoms with Crippen molar-refractivity contribution in [1.29, 1.82) is 0 Å². The highest BCUT2D eigenvalue weighted by atomic mass is 32.1. The molecular formula is C62H73N11O8S. The van der Waals surface area contributed by atoms with Crippen LogP contribution in [0.1, 0.15) is 158 Å². The molecular weight excluding hydrogens is 1060 g/mol. The van der Waals surface area contributed by atoms with Gasteiger partial charge in [0.1, 0.15) is 17.6 Å². The topological polar surface area (TPSA) is 227 Å². The van der Waals surface area contributed by atoms with Crippen LogP contribution in [-0.2, 0) is 27.3 Å². The second kappa shape index (κ2) is 21.9. The number of fused-ring (bicyclic) bond motifs is 3. The van der Waals surface area contributed by atoms with E-state index >= 15 is 0 Å². The van der Waals surface area contributed by atoms with E-state index in [-0.39, 0.29) is 51.5 Å². The van der Waals surface area contributed by atoms with Gasteiger partial charge in [-0.2, -0.15) is 5.10 Å². The number of rotatable bonds is 22. The Morgan fingerprint density at radius 1 is 0.829 bits per heavy atom. The fourth-order valence-corrected chi connectivity index (χ4v) is 16.6. The van der Waals surface area contributed by atoms with Crippen LogP contribution >= 0.6 is 11.3 Å². The first-order chi connectivity index (χ1) is 39.4. The molecule has 5 fully saturated rings. The van der Waals surface area contributed by atoms with E-state index in [1.165, 1.54) is 6.42 Å². The summed E-state index contributed by atoms with van der Waals surface area (Å²) in [7, 11) is 2.19. The first-order valence-electron chi connectivity index (χ1n) is 29.2. The van der Waals surface area contributed by atoms with Gasteiger partial charge in [-0.25, -0.2) is 14.8 Å². The molecule has 6 aromatic rings. The quantitative estimate of drug-likeness (QED) is 0.0424. The average Bonchev–Trinajstić information content (AvgIpc) is 1.57. The zero-order chi connectivity index (χ0) is 57.1. The van der Waals surface area contributed by atoms with Gasteiger partial charge in [-0.15, -0.1) is 10.2 Å². The molecule has 3 unspecified atom stereocenters. The van der Waals surface area contributed by atoms with Gasteiger partial charge in [0, 0.05) is 54.0 Å². The number of piperidine rings is 1. The number of aromatic nitrogens is 6. The lowest BCUT2D eigenvalue weighted by molar-refractivity contribution is -0.248. The number of para-hydroxylation sites is 1. The number of hydrogen-bond donors (Lipinski definition) is 3. The number of amides is 4. The van der Waals surface area contributed by atoms with Gasteiger partial charge in [-0.3, -0.25) is 34.1 Å². The molecule has 430 valence electrons. The maximum atomic E-state index is 13.2. The molecule has 1 saturated heterocycles. The standard InChI is InChI=1S/C62H73N11O8S/c1-38-41-15-14-25-71(53(41)69-68-52(38)67-58-64-46-16-10-11-17-48(46)82-58)49-22-20-42(51(65-49)57(78)79)45-30-63-72(39(45)2)37-61-32-59(3)31-60(4,33-61)35-62(34-59,36-61)81-28-26-70(5)24-12-8-6-7-9-13-27-80-40-18-19-43-44(29-40)56(77)73(55(43)76)47-21-23-50(74)66-54(47)75/h10-11,16-20,22,29-30,47H,6-9,12-15,21,23-28,31-37H2,1-5H3,(H,78,79)(H,64,67,68)(H,66,74,75). The van der Waals surface area contributed by atoms with Crippen LogP contribution in [0.2, 0.25) is 0 Å². The third-order valence-electron chi connectivity index (χ3n) is 18.3. The van der Waals surface area contributed by atoms with Gasteiger partial charge in [0.2, 0.25) is 11.8 Å². The van der Waals surface area contributed by atoms with E-state index in [0.717, 1.165) is 146 Å². The number of carboxylic acids is 1. The van der Waals surface area contributed by atoms with Crippen molar-refractivity contribution in [2.45, 2.75) is 149 Å². The first kappa shape index (κ1) is 55.4. The molecule has 4 aliphatic carbocycles. The number of nitrogens with zero attached hydrogens (tertiary/aromatic N) is 9. The second-order valence-corrected chi connectivity index (χ2v) is 26.2. The molecule has 82 heavy (non-hydrogen) atoms. The van der Waals surface area contributed by atoms with Crippen LogP contribution in [0.15, 0.2) is 60.8 Å². The summed E-state index contributed by atoms with van der Waals surface area (Å²) in [6.45, 7) is 13.5. The molecule has 7 aliphatic rings. The Bertz CT molecular complexity index is 3470. The predicted octanol–water partition coefficient (Wildman–Crippen LogP) is 10.4. The van der Waals surface area contributed by atoms with Crippen molar-refractivity contribution in [2.24, 2.45) is 16.2 Å². The number of nitrogens with one attached hydrogen (secondary N) is 2. The third-order valence-corrected chi connectivity index (χ3v) is 19.2. The SMILES string of the molecule is Cc1c(Nc2nc3ccccc3s2)nnc2c1CCCN2c1ccc(-c2cnn(CC34CC5(C)CC(C)(C3)CC(OCCN(C)CCCCCCCCOc3ccc6c(c3)C(=O)N(C3CCC(=O)NC3=O)C6=O)(C5)C4)c2C)c(C(=O)O)n1. The van der Waals surface area contributed by atoms with Crippen LogP contribution in [0.3, 0.4) is 0 Å². The maximum absolute atomic E-state index is 13.2. The lowest BCUT2D eigenvalue weighted by atomic mass is 9.39. The van der Waals surface area contributed by atoms with E-state index in [2.05, 4.69) is 59.2 Å². The fourth-order valence-electron chi connectivity index (χ4n) is 15.7. The van der Waals surface area contributed by atoms with Crippen LogP contribution in [0.5, 0.6) is 5.75 Å². The lowest BCUT2D eigenvalue weighted by Gasteiger charge is -2.69. The molecule has 0 radical (unpaired) electrons. The van der Waals surface area contributed by atoms with E-state index in [9.17, 15) is 29.1 Å². The number of thiazole rings is 1. The summed E-state index contributed by atoms with van der Waals surface area (Å²) in [4.78, 5) is 78.3. The number of hydrogen-bond acceptors (Lipinski definition) is 16. The largest absolute Gasteiger partial charge is 0.494 e. The normalized spacial score (nSPS) is 24.6. The summed E-state index contributed by atoms with van der Waals surface area (Å²) in [5, 5.41) is 31.4. The molecule has 20 heteroatoms. The van der Waals surface area contributed by atoms with Crippen LogP contribution in [-0.4, -0.2) is 126 Å². The smallest absolute Gasteiger partial charge is 0.355 e. The van der Waals surface area contributed by atoms with Gasteiger partial charge in [-0.1, -0.05) is 63.0 Å². The van der Waals surface area contributed by atoms with Gasteiger partial charge < -0.3 is 29.7 Å². The summed E-state index contributed by atoms with van der Waals surface area (Å²) in [5.41, 5.74) is 5.80. The summed E-state index contributed by atoms with van der Waals surface area (Å²) in [5.74, 6) is -0.814. The summed E-state index contributed by atoms with van der Waals surface area (Å²) in [6, 6.07) is 15.7. The first-order valence-corrected chi connectivity index (χ1v) is 30.1. The molecule has 3 atom stereocenters. The van der Waals surface area contributed by atoms with E-state index < -0.39 is 35.6 Å². The minimum Gasteiger partial charge on any atom is -0.494 e. The number of imide groups is 2. The number of carbonyl (C=O) groups excluding carboxylic acids is 4. The van der Waals surface area contributed by atoms with Crippen molar-refractivity contribution in [3.8, 4) is 16.9 Å². The zero-order valence-electron chi connectivity index (χ0n) is 47.6. The molecule has 2 aromatic carbocycles. The minimum atomic E-state index is -1.10. The summed E-state index contributed by atoms with van der Waals surface area (Å²) in [6.07, 6.45) is 16.6. The number of unbranched alkanes of at least 4 members (excludes halogenated alkanes) is 5. The molecule has 3 aliphatic heterocycles. The molecule has 4 saturated carbocycles. The Kier molecular flexibility index (Phi) is 14.8. The van der Waals surface area contributed by atoms with Crippen molar-refractivity contribution in [2.75, 3.05) is 50.1 Å². The number of aromatic carboxylic acids is 1. The summed E-state index contributed by atoms with van der Waals surface area (Å²) >= 11 is 1.57. The Balaban J connectivity index is 0.615. The molecule has 19 nitrogen and oxygen atoms in total. The van der Waals surface area contributed by atoms with Gasteiger partial charge in [0.15, 0.2) is 22.5 Å². The highest BCUT2D eigenvalue weighted by Crippen LogP contribution is 2.72. The van der Waals surface area contributed by atoms with Crippen molar-refractivity contribution >= 4 is 73.7 Å². The van der Waals surface area contributed by atoms with Crippen LogP contribution in [0.25, 0.3) is 21.3 Å². The van der Waals surface area contributed by atoms with Crippen molar-refractivity contribution in [3.05, 3.63) is 94.4 Å². The number of carbonyl (C=O) groups is 5. The van der Waals surface area contributed by atoms with E-state index in [1.54, 1.807) is 29.5 Å². The highest BCUT2D eigenvalue weighted by molar-refractivity contribution is 7.22. The molecule has 3 N–H and O–H groups in total. The molecule has 4 aromatic heterocycles. The predicted molar refractivity (Wildman–Crippen MR) is 311 cm³/mol. The number of pyridine rings is 1. The highest BCUT2D eigenvalue weighted by Gasteiger charge is 2.66. The van der Waals surface area contributed by atoms with Crippen LogP contribution in [0, 0.1) is 30.1 Å². The van der Waals surface area contributed by atoms with Gasteiger partial charge in [0.05, 0.1) is 46.4 Å². The number of benzene rings is 2. The second-order valence-electron chi connectivity index (χ2n) is 25.2. The Morgan fingerprint density at radius 3 is 2.37 bits per heavy atom.